The molecule has 1 aliphatic rings. The molecule has 0 saturated heterocycles. The molecular formula is C19H28N2O4. The zero-order valence-corrected chi connectivity index (χ0v) is 15.7. The molecule has 25 heavy (non-hydrogen) atoms. The topological polar surface area (TPSA) is 78.9 Å². The number of hydrogen-bond donors (Lipinski definition) is 2. The van der Waals surface area contributed by atoms with Gasteiger partial charge in [0.05, 0.1) is 5.69 Å². The quantitative estimate of drug-likeness (QED) is 0.774. The predicted molar refractivity (Wildman–Crippen MR) is 97.2 cm³/mol. The van der Waals surface area contributed by atoms with Crippen molar-refractivity contribution in [3.8, 4) is 5.75 Å². The van der Waals surface area contributed by atoms with E-state index in [4.69, 9.17) is 9.84 Å². The highest BCUT2D eigenvalue weighted by Crippen LogP contribution is 2.39. The molecule has 2 N–H and O–H groups in total. The van der Waals surface area contributed by atoms with Gasteiger partial charge in [0, 0.05) is 24.8 Å². The Morgan fingerprint density at radius 3 is 2.60 bits per heavy atom. The van der Waals surface area contributed by atoms with Crippen LogP contribution in [0.1, 0.15) is 56.5 Å². The van der Waals surface area contributed by atoms with Gasteiger partial charge in [0.1, 0.15) is 5.75 Å². The Kier molecular flexibility index (Phi) is 5.72. The number of nitrogens with zero attached hydrogens (tertiary/aromatic N) is 1. The highest BCUT2D eigenvalue weighted by atomic mass is 16.5. The van der Waals surface area contributed by atoms with Crippen molar-refractivity contribution < 1.29 is 19.4 Å². The lowest BCUT2D eigenvalue weighted by atomic mass is 9.99. The molecule has 0 radical (unpaired) electrons. The fraction of sp³-hybridized carbons (Fsp3) is 0.579. The molecule has 1 aliphatic heterocycles. The molecule has 2 rings (SSSR count). The van der Waals surface area contributed by atoms with Crippen LogP contribution in [-0.2, 0) is 4.79 Å². The first-order chi connectivity index (χ1) is 11.7. The van der Waals surface area contributed by atoms with E-state index in [0.717, 1.165) is 5.56 Å². The third kappa shape index (κ3) is 4.12. The Bertz CT molecular complexity index is 668. The van der Waals surface area contributed by atoms with Crippen LogP contribution >= 0.6 is 0 Å². The lowest BCUT2D eigenvalue weighted by Gasteiger charge is -2.39. The monoisotopic (exact) mass is 348 g/mol. The van der Waals surface area contributed by atoms with E-state index in [1.165, 1.54) is 0 Å². The van der Waals surface area contributed by atoms with Crippen molar-refractivity contribution in [2.45, 2.75) is 59.1 Å². The summed E-state index contributed by atoms with van der Waals surface area (Å²) in [5.74, 6) is 0.298. The lowest BCUT2D eigenvalue weighted by molar-refractivity contribution is -0.132. The van der Waals surface area contributed by atoms with Crippen LogP contribution in [0.4, 0.5) is 5.69 Å². The third-order valence-electron chi connectivity index (χ3n) is 4.18. The summed E-state index contributed by atoms with van der Waals surface area (Å²) >= 11 is 0. The maximum atomic E-state index is 12.8. The lowest BCUT2D eigenvalue weighted by Crippen LogP contribution is -2.53. The molecule has 1 heterocycles. The van der Waals surface area contributed by atoms with Crippen LogP contribution in [0.25, 0.3) is 0 Å². The highest BCUT2D eigenvalue weighted by molar-refractivity contribution is 6.04. The number of hydrogen-bond acceptors (Lipinski definition) is 4. The van der Waals surface area contributed by atoms with Crippen molar-refractivity contribution in [3.05, 3.63) is 23.3 Å². The van der Waals surface area contributed by atoms with Crippen LogP contribution in [0.3, 0.4) is 0 Å². The number of ether oxygens (including phenoxy) is 1. The number of benzene rings is 1. The third-order valence-corrected chi connectivity index (χ3v) is 4.18. The summed E-state index contributed by atoms with van der Waals surface area (Å²) in [7, 11) is 0. The summed E-state index contributed by atoms with van der Waals surface area (Å²) in [5, 5.41) is 11.9. The SMILES string of the molecule is Cc1cc2c(cc1C(=O)NC(C)C)N(CCCCO)C(=O)C(C)(C)O2. The number of carbonyl (C=O) groups is 2. The minimum Gasteiger partial charge on any atom is -0.476 e. The van der Waals surface area contributed by atoms with E-state index >= 15 is 0 Å². The average molecular weight is 348 g/mol. The Labute approximate surface area is 149 Å². The molecule has 138 valence electrons. The van der Waals surface area contributed by atoms with Crippen molar-refractivity contribution >= 4 is 17.5 Å². The Morgan fingerprint density at radius 1 is 1.32 bits per heavy atom. The van der Waals surface area contributed by atoms with Crippen molar-refractivity contribution in [3.63, 3.8) is 0 Å². The number of aliphatic hydroxyl groups excluding tert-OH is 1. The molecule has 0 unspecified atom stereocenters. The highest BCUT2D eigenvalue weighted by Gasteiger charge is 2.41. The van der Waals surface area contributed by atoms with E-state index in [9.17, 15) is 9.59 Å². The molecule has 0 atom stereocenters. The minimum absolute atomic E-state index is 0.0282. The number of nitrogens with one attached hydrogen (secondary N) is 1. The molecule has 0 spiro atoms. The number of aliphatic hydroxyl groups is 1. The Balaban J connectivity index is 2.44. The zero-order valence-electron chi connectivity index (χ0n) is 15.7. The summed E-state index contributed by atoms with van der Waals surface area (Å²) < 4.78 is 5.89. The maximum absolute atomic E-state index is 12.8. The number of anilines is 1. The van der Waals surface area contributed by atoms with Gasteiger partial charge in [-0.2, -0.15) is 0 Å². The van der Waals surface area contributed by atoms with Crippen LogP contribution in [0.2, 0.25) is 0 Å². The Morgan fingerprint density at radius 2 is 2.00 bits per heavy atom. The number of carbonyl (C=O) groups excluding carboxylic acids is 2. The molecule has 6 nitrogen and oxygen atoms in total. The molecule has 6 heteroatoms. The van der Waals surface area contributed by atoms with Gasteiger partial charge >= 0.3 is 0 Å². The van der Waals surface area contributed by atoms with Gasteiger partial charge in [0.15, 0.2) is 5.60 Å². The van der Waals surface area contributed by atoms with Crippen molar-refractivity contribution in [2.75, 3.05) is 18.1 Å². The molecule has 1 aromatic rings. The summed E-state index contributed by atoms with van der Waals surface area (Å²) in [6.07, 6.45) is 1.30. The molecule has 0 saturated carbocycles. The summed E-state index contributed by atoms with van der Waals surface area (Å²) in [5.41, 5.74) is 0.996. The summed E-state index contributed by atoms with van der Waals surface area (Å²) in [6.45, 7) is 9.72. The Hall–Kier alpha value is -2.08. The second kappa shape index (κ2) is 7.44. The van der Waals surface area contributed by atoms with Crippen molar-refractivity contribution in [2.24, 2.45) is 0 Å². The first kappa shape index (κ1) is 19.2. The molecule has 0 bridgehead atoms. The van der Waals surface area contributed by atoms with Gasteiger partial charge in [-0.25, -0.2) is 0 Å². The normalized spacial score (nSPS) is 15.8. The molecular weight excluding hydrogens is 320 g/mol. The molecule has 0 aromatic heterocycles. The fourth-order valence-corrected chi connectivity index (χ4v) is 2.90. The van der Waals surface area contributed by atoms with E-state index < -0.39 is 5.60 Å². The first-order valence-corrected chi connectivity index (χ1v) is 8.74. The smallest absolute Gasteiger partial charge is 0.270 e. The number of unbranched alkanes of at least 4 members (excludes halogenated alkanes) is 1. The zero-order chi connectivity index (χ0) is 18.8. The van der Waals surface area contributed by atoms with Gasteiger partial charge in [-0.1, -0.05) is 0 Å². The number of rotatable bonds is 6. The van der Waals surface area contributed by atoms with Gasteiger partial charge in [-0.15, -0.1) is 0 Å². The number of fused-ring (bicyclic) bond motifs is 1. The van der Waals surface area contributed by atoms with Crippen LogP contribution in [0, 0.1) is 6.92 Å². The summed E-state index contributed by atoms with van der Waals surface area (Å²) in [6, 6.07) is 3.58. The second-order valence-electron chi connectivity index (χ2n) is 7.26. The van der Waals surface area contributed by atoms with Gasteiger partial charge in [-0.3, -0.25) is 9.59 Å². The second-order valence-corrected chi connectivity index (χ2v) is 7.26. The van der Waals surface area contributed by atoms with Crippen LogP contribution in [0.5, 0.6) is 5.75 Å². The van der Waals surface area contributed by atoms with Gasteiger partial charge in [0.25, 0.3) is 11.8 Å². The van der Waals surface area contributed by atoms with E-state index in [1.54, 1.807) is 24.8 Å². The van der Waals surface area contributed by atoms with Gasteiger partial charge in [-0.05, 0) is 65.2 Å². The molecule has 1 aromatic carbocycles. The maximum Gasteiger partial charge on any atom is 0.270 e. The van der Waals surface area contributed by atoms with Crippen LogP contribution in [0.15, 0.2) is 12.1 Å². The van der Waals surface area contributed by atoms with E-state index in [1.807, 2.05) is 26.8 Å². The van der Waals surface area contributed by atoms with Gasteiger partial charge in [0.2, 0.25) is 0 Å². The average Bonchev–Trinajstić information content (AvgIpc) is 2.49. The fourth-order valence-electron chi connectivity index (χ4n) is 2.90. The number of aryl methyl sites for hydroxylation is 1. The van der Waals surface area contributed by atoms with Gasteiger partial charge < -0.3 is 20.1 Å². The van der Waals surface area contributed by atoms with E-state index in [0.29, 0.717) is 36.4 Å². The minimum atomic E-state index is -0.958. The predicted octanol–water partition coefficient (Wildman–Crippen LogP) is 2.41. The number of amides is 2. The molecule has 0 fully saturated rings. The van der Waals surface area contributed by atoms with E-state index in [2.05, 4.69) is 5.32 Å². The van der Waals surface area contributed by atoms with Crippen LogP contribution in [-0.4, -0.2) is 41.7 Å². The van der Waals surface area contributed by atoms with Crippen LogP contribution < -0.4 is 15.0 Å². The van der Waals surface area contributed by atoms with Crippen molar-refractivity contribution in [1.82, 2.24) is 5.32 Å². The molecule has 2 amide bonds. The molecule has 0 aliphatic carbocycles. The first-order valence-electron chi connectivity index (χ1n) is 8.74. The van der Waals surface area contributed by atoms with Crippen molar-refractivity contribution in [1.29, 1.82) is 0 Å². The summed E-state index contributed by atoms with van der Waals surface area (Å²) in [4.78, 5) is 26.9. The largest absolute Gasteiger partial charge is 0.476 e. The van der Waals surface area contributed by atoms with E-state index in [-0.39, 0.29) is 24.5 Å². The standard InChI is InChI=1S/C19H28N2O4/c1-12(2)20-17(23)14-11-15-16(10-13(14)3)25-19(4,5)18(24)21(15)8-6-7-9-22/h10-12,22H,6-9H2,1-5H3,(H,20,23).